The fourth-order valence-corrected chi connectivity index (χ4v) is 18.3. The number of amides is 3. The monoisotopic (exact) mass is 1770 g/mol. The van der Waals surface area contributed by atoms with Crippen molar-refractivity contribution in [3.05, 3.63) is 328 Å². The molecule has 0 aliphatic carbocycles. The molecule has 16 nitrogen and oxygen atoms in total. The SMILES string of the molecule is CCCCCCCCCCCCN1C=CC(=C(O)[N-]c2ccc(C3=C4C=CC(=N4)C(c4ccc([N-]C(=O)c5cc[n+](CCCCCCCCCCCC)cc5)cc4)=C4C=CC(=N4)C(c4ccc([NH2+]C(=O)c5cc[n+](CCCCCCCCCCCC)cc5)cc4)=C4C=CC(=[NH+]4)C(c4ccc([NH2+]C(=O)c5cc[n+](CCCCCCCCCCCC)cc5)cc4)=C4C=CC3=N4)cc2)C=C1. The van der Waals surface area contributed by atoms with Gasteiger partial charge in [0.15, 0.2) is 37.2 Å². The Bertz CT molecular complexity index is 5290. The second-order valence-corrected chi connectivity index (χ2v) is 36.7. The maximum absolute atomic E-state index is 14.1. The Morgan fingerprint density at radius 3 is 1.02 bits per heavy atom. The Kier molecular flexibility index (Phi) is 39.8. The maximum Gasteiger partial charge on any atom is 0.348 e. The van der Waals surface area contributed by atoms with Crippen LogP contribution >= 0.6 is 0 Å². The van der Waals surface area contributed by atoms with Gasteiger partial charge in [-0.15, -0.1) is 11.4 Å². The minimum atomic E-state index is -0.319. The Hall–Kier alpha value is -11.7. The highest BCUT2D eigenvalue weighted by atomic mass is 16.3. The van der Waals surface area contributed by atoms with Crippen LogP contribution in [0.2, 0.25) is 0 Å². The average Bonchev–Trinajstić information content (AvgIpc) is 1.03. The molecule has 7 aromatic rings. The van der Waals surface area contributed by atoms with Gasteiger partial charge in [-0.05, 0) is 126 Å². The number of nitrogens with one attached hydrogen (secondary N) is 1. The number of aliphatic hydroxyl groups excluding tert-OH is 1. The first kappa shape index (κ1) is 97.8. The van der Waals surface area contributed by atoms with Crippen LogP contribution in [0.5, 0.6) is 0 Å². The molecule has 0 fully saturated rings. The molecule has 6 aliphatic rings. The first-order chi connectivity index (χ1) is 65.0. The van der Waals surface area contributed by atoms with E-state index in [4.69, 9.17) is 20.3 Å². The van der Waals surface area contributed by atoms with Gasteiger partial charge >= 0.3 is 11.8 Å². The number of carbonyl (C=O) groups excluding carboxylic acids is 3. The molecule has 6 aliphatic heterocycles. The normalized spacial score (nSPS) is 14.4. The summed E-state index contributed by atoms with van der Waals surface area (Å²) in [4.78, 5) is 65.2. The van der Waals surface area contributed by atoms with Crippen molar-refractivity contribution in [1.82, 2.24) is 4.90 Å². The molecule has 0 radical (unpaired) electrons. The van der Waals surface area contributed by atoms with Gasteiger partial charge in [0.25, 0.3) is 0 Å². The number of aliphatic hydroxyl groups is 1. The molecule has 6 N–H and O–H groups in total. The molecule has 8 bridgehead atoms. The van der Waals surface area contributed by atoms with Crippen molar-refractivity contribution in [1.29, 1.82) is 0 Å². The lowest BCUT2D eigenvalue weighted by Crippen LogP contribution is -2.82. The van der Waals surface area contributed by atoms with Gasteiger partial charge in [0.05, 0.1) is 62.4 Å². The van der Waals surface area contributed by atoms with Crippen molar-refractivity contribution < 1.29 is 48.8 Å². The van der Waals surface area contributed by atoms with Gasteiger partial charge in [-0.3, -0.25) is 0 Å². The molecular weight excluding hydrogens is 1630 g/mol. The van der Waals surface area contributed by atoms with Crippen LogP contribution in [0.15, 0.2) is 293 Å². The summed E-state index contributed by atoms with van der Waals surface area (Å²) in [5, 5.41) is 24.5. The van der Waals surface area contributed by atoms with Crippen LogP contribution in [0, 0.1) is 0 Å². The van der Waals surface area contributed by atoms with Crippen LogP contribution in [0.3, 0.4) is 0 Å². The summed E-state index contributed by atoms with van der Waals surface area (Å²) in [5.41, 5.74) is 17.3. The number of primary amides is 2. The van der Waals surface area contributed by atoms with Gasteiger partial charge in [0, 0.05) is 134 Å². The number of unbranched alkanes of at least 4 members (excludes halogenated alkanes) is 36. The number of pyridine rings is 3. The molecule has 0 saturated carbocycles. The first-order valence-electron chi connectivity index (χ1n) is 50.8. The predicted molar refractivity (Wildman–Crippen MR) is 542 cm³/mol. The van der Waals surface area contributed by atoms with Gasteiger partial charge in [-0.1, -0.05) is 288 Å². The maximum atomic E-state index is 14.1. The quantitative estimate of drug-likeness (QED) is 0.0127. The van der Waals surface area contributed by atoms with Crippen LogP contribution < -0.4 is 29.3 Å². The van der Waals surface area contributed by atoms with Gasteiger partial charge in [0.2, 0.25) is 11.4 Å². The minimum absolute atomic E-state index is 0.0681. The molecule has 132 heavy (non-hydrogen) atoms. The van der Waals surface area contributed by atoms with Crippen molar-refractivity contribution in [2.75, 3.05) is 6.54 Å². The molecule has 3 amide bonds. The minimum Gasteiger partial charge on any atom is -0.627 e. The number of nitrogens with two attached hydrogens (primary N) is 2. The number of hydrogen-bond acceptors (Lipinski definition) is 8. The zero-order chi connectivity index (χ0) is 91.5. The van der Waals surface area contributed by atoms with Gasteiger partial charge < -0.3 is 25.4 Å². The van der Waals surface area contributed by atoms with E-state index in [1.54, 1.807) is 10.6 Å². The Balaban J connectivity index is 0.797. The second kappa shape index (κ2) is 53.7. The highest BCUT2D eigenvalue weighted by Crippen LogP contribution is 2.40. The third-order valence-electron chi connectivity index (χ3n) is 26.2. The summed E-state index contributed by atoms with van der Waals surface area (Å²) >= 11 is 0. The molecule has 0 saturated heterocycles. The Morgan fingerprint density at radius 2 is 0.636 bits per heavy atom. The van der Waals surface area contributed by atoms with E-state index < -0.39 is 0 Å². The Morgan fingerprint density at radius 1 is 0.326 bits per heavy atom. The molecule has 0 spiro atoms. The number of benzene rings is 4. The van der Waals surface area contributed by atoms with Gasteiger partial charge in [-0.2, -0.15) is 0 Å². The fraction of sp³-hybridized carbons (Fsp3) is 0.414. The average molecular weight is 1770 g/mol. The summed E-state index contributed by atoms with van der Waals surface area (Å²) in [6.45, 7) is 12.8. The van der Waals surface area contributed by atoms with E-state index >= 15 is 0 Å². The summed E-state index contributed by atoms with van der Waals surface area (Å²) in [5.74, 6) is -0.528. The smallest absolute Gasteiger partial charge is 0.348 e. The number of quaternary nitrogens is 2. The van der Waals surface area contributed by atoms with Crippen molar-refractivity contribution in [2.24, 2.45) is 15.0 Å². The van der Waals surface area contributed by atoms with Crippen molar-refractivity contribution in [3.63, 3.8) is 0 Å². The van der Waals surface area contributed by atoms with Crippen molar-refractivity contribution in [3.8, 4) is 0 Å². The number of rotatable bonds is 56. The van der Waals surface area contributed by atoms with E-state index in [1.807, 2.05) is 189 Å². The van der Waals surface area contributed by atoms with Crippen LogP contribution in [0.4, 0.5) is 22.7 Å². The Labute approximate surface area is 787 Å². The number of aliphatic imine (C=N–C) groups is 3. The molecule has 13 rings (SSSR count). The highest BCUT2D eigenvalue weighted by molar-refractivity contribution is 6.39. The molecule has 16 heteroatoms. The second-order valence-electron chi connectivity index (χ2n) is 36.7. The molecule has 0 unspecified atom stereocenters. The van der Waals surface area contributed by atoms with Crippen molar-refractivity contribution >= 4 is 85.6 Å². The molecule has 4 aromatic carbocycles. The standard InChI is InChI=1S/C116H142N12O4/c1-5-9-13-17-21-25-29-33-37-41-77-125-81-69-93(70-82-125)113(129)117-97-53-45-89(46-54-97)109-101-61-63-103(121-101)110(90-47-55-98(56-48-90)118-114(130)94-71-83-126(84-72-94)78-42-38-34-30-26-22-18-14-10-6-2)105-65-67-107(123-105)112(92-51-59-100(60-52-92)120-116(132)96-75-87-128(88-76-96)80-44-40-36-32-28-24-20-16-12-8-4)108-68-66-106(124-108)111(104-64-62-102(109)122-104)91-49-57-99(58-50-91)119-115(131)95-73-85-127(86-74-95)79-43-39-35-31-27-23-19-15-11-7-3/h45-76,81-88H,5-44,77-80H2,1-4H3,(H2-3,117,118,119,120,121,122,123,124,129,130,131,132)/p+4. The zero-order valence-electron chi connectivity index (χ0n) is 79.6. The van der Waals surface area contributed by atoms with E-state index in [0.717, 1.165) is 119 Å². The lowest BCUT2D eigenvalue weighted by Gasteiger charge is -2.25. The van der Waals surface area contributed by atoms with Gasteiger partial charge in [0.1, 0.15) is 31.0 Å². The van der Waals surface area contributed by atoms with Crippen LogP contribution in [-0.2, 0) is 19.6 Å². The number of nitrogens with zero attached hydrogens (tertiary/aromatic N) is 9. The topological polar surface area (TPSA) is 199 Å². The van der Waals surface area contributed by atoms with Crippen molar-refractivity contribution in [2.45, 2.75) is 304 Å². The molecule has 0 atom stereocenters. The molecular formula is C116H146N12O4+4. The predicted octanol–water partition coefficient (Wildman–Crippen LogP) is 25.3. The summed E-state index contributed by atoms with van der Waals surface area (Å²) in [6, 6.07) is 43.4. The first-order valence-corrected chi connectivity index (χ1v) is 50.8. The van der Waals surface area contributed by atoms with E-state index in [1.165, 1.54) is 231 Å². The third-order valence-corrected chi connectivity index (χ3v) is 26.2. The van der Waals surface area contributed by atoms with E-state index in [2.05, 4.69) is 111 Å². The number of aromatic nitrogens is 3. The number of fused-ring (bicyclic) bond motifs is 4. The van der Waals surface area contributed by atoms with Gasteiger partial charge in [-0.25, -0.2) is 53.9 Å². The van der Waals surface area contributed by atoms with Crippen LogP contribution in [0.25, 0.3) is 32.9 Å². The summed E-state index contributed by atoms with van der Waals surface area (Å²) < 4.78 is 6.53. The molecule has 690 valence electrons. The largest absolute Gasteiger partial charge is 0.627 e. The zero-order valence-corrected chi connectivity index (χ0v) is 79.6. The lowest BCUT2D eigenvalue weighted by molar-refractivity contribution is -0.697. The summed E-state index contributed by atoms with van der Waals surface area (Å²) in [7, 11) is 0. The lowest BCUT2D eigenvalue weighted by atomic mass is 9.98. The number of carbonyl (C=O) groups is 3. The fourth-order valence-electron chi connectivity index (χ4n) is 18.3. The number of aryl methyl sites for hydroxylation is 3. The van der Waals surface area contributed by atoms with E-state index in [9.17, 15) is 19.5 Å². The summed E-state index contributed by atoms with van der Waals surface area (Å²) in [6.07, 6.45) is 88.0. The van der Waals surface area contributed by atoms with E-state index in [0.29, 0.717) is 67.9 Å². The third kappa shape index (κ3) is 30.2. The highest BCUT2D eigenvalue weighted by Gasteiger charge is 2.32. The number of allylic oxidation sites excluding steroid dienone is 15. The molecule has 9 heterocycles. The molecule has 3 aromatic heterocycles. The number of hydrogen-bond donors (Lipinski definition) is 4. The van der Waals surface area contributed by atoms with Crippen LogP contribution in [-0.4, -0.2) is 57.1 Å². The van der Waals surface area contributed by atoms with Crippen LogP contribution in [0.1, 0.15) is 338 Å². The van der Waals surface area contributed by atoms with E-state index in [-0.39, 0.29) is 23.6 Å².